The molecule has 8 heavy (non-hydrogen) atoms. The van der Waals surface area contributed by atoms with Gasteiger partial charge in [0.25, 0.3) is 0 Å². The van der Waals surface area contributed by atoms with Crippen molar-refractivity contribution in [2.24, 2.45) is 0 Å². The van der Waals surface area contributed by atoms with Crippen LogP contribution in [0.3, 0.4) is 0 Å². The van der Waals surface area contributed by atoms with E-state index in [1.807, 2.05) is 6.92 Å². The van der Waals surface area contributed by atoms with Crippen molar-refractivity contribution in [1.82, 2.24) is 0 Å². The fourth-order valence-corrected chi connectivity index (χ4v) is 0.325. The van der Waals surface area contributed by atoms with E-state index in [0.29, 0.717) is 6.79 Å². The molecule has 50 valence electrons. The van der Waals surface area contributed by atoms with Crippen molar-refractivity contribution in [2.45, 2.75) is 18.8 Å². The van der Waals surface area contributed by atoms with Crippen molar-refractivity contribution < 1.29 is 9.47 Å². The molecule has 0 heterocycles. The summed E-state index contributed by atoms with van der Waals surface area (Å²) < 4.78 is 9.63. The highest BCUT2D eigenvalue weighted by molar-refractivity contribution is 7.80. The van der Waals surface area contributed by atoms with Gasteiger partial charge >= 0.3 is 0 Å². The lowest BCUT2D eigenvalue weighted by Crippen LogP contribution is -2.05. The molecule has 0 aliphatic heterocycles. The number of hydrogen-bond acceptors (Lipinski definition) is 3. The molecule has 0 saturated heterocycles. The van der Waals surface area contributed by atoms with Crippen LogP contribution >= 0.6 is 12.6 Å². The van der Waals surface area contributed by atoms with Gasteiger partial charge in [-0.1, -0.05) is 6.92 Å². The second kappa shape index (κ2) is 5.41. The molecule has 0 N–H and O–H groups in total. The number of thiol groups is 1. The van der Waals surface area contributed by atoms with Gasteiger partial charge in [0.2, 0.25) is 0 Å². The summed E-state index contributed by atoms with van der Waals surface area (Å²) in [5.41, 5.74) is 0.0231. The van der Waals surface area contributed by atoms with E-state index in [0.717, 1.165) is 6.42 Å². The van der Waals surface area contributed by atoms with Crippen molar-refractivity contribution in [2.75, 3.05) is 13.9 Å². The van der Waals surface area contributed by atoms with Crippen LogP contribution in [0.15, 0.2) is 0 Å². The molecule has 0 saturated carbocycles. The van der Waals surface area contributed by atoms with Gasteiger partial charge in [-0.05, 0) is 6.42 Å². The Morgan fingerprint density at radius 2 is 2.25 bits per heavy atom. The van der Waals surface area contributed by atoms with E-state index in [2.05, 4.69) is 17.4 Å². The van der Waals surface area contributed by atoms with Crippen molar-refractivity contribution in [3.8, 4) is 0 Å². The molecule has 0 amide bonds. The van der Waals surface area contributed by atoms with Crippen LogP contribution in [-0.4, -0.2) is 19.3 Å². The molecule has 0 bridgehead atoms. The molecule has 0 aliphatic rings. The second-order valence-electron chi connectivity index (χ2n) is 1.44. The zero-order valence-corrected chi connectivity index (χ0v) is 6.15. The van der Waals surface area contributed by atoms with Crippen molar-refractivity contribution >= 4 is 12.6 Å². The Hall–Kier alpha value is 0.270. The summed E-state index contributed by atoms with van der Waals surface area (Å²) in [5.74, 6) is 0. The van der Waals surface area contributed by atoms with Crippen LogP contribution in [0.2, 0.25) is 0 Å². The number of hydrogen-bond donors (Lipinski definition) is 1. The van der Waals surface area contributed by atoms with E-state index < -0.39 is 0 Å². The third-order valence-corrected chi connectivity index (χ3v) is 1.24. The largest absolute Gasteiger partial charge is 0.359 e. The van der Waals surface area contributed by atoms with Crippen molar-refractivity contribution in [3.05, 3.63) is 0 Å². The predicted molar refractivity (Wildman–Crippen MR) is 36.0 cm³/mol. The van der Waals surface area contributed by atoms with Crippen LogP contribution in [-0.2, 0) is 9.47 Å². The third-order valence-electron chi connectivity index (χ3n) is 0.728. The Labute approximate surface area is 55.6 Å². The first kappa shape index (κ1) is 8.27. The minimum atomic E-state index is 0.0231. The highest BCUT2D eigenvalue weighted by atomic mass is 32.1. The third kappa shape index (κ3) is 4.43. The van der Waals surface area contributed by atoms with E-state index in [4.69, 9.17) is 4.74 Å². The summed E-state index contributed by atoms with van der Waals surface area (Å²) in [6, 6.07) is 0. The van der Waals surface area contributed by atoms with Gasteiger partial charge in [0.15, 0.2) is 0 Å². The fourth-order valence-electron chi connectivity index (χ4n) is 0.264. The first-order valence-electron chi connectivity index (χ1n) is 2.59. The smallest absolute Gasteiger partial charge is 0.147 e. The molecule has 3 heteroatoms. The minimum absolute atomic E-state index is 0.0231. The SMILES string of the molecule is CCC(S)OCOC. The maximum atomic E-state index is 4.98. The van der Waals surface area contributed by atoms with Crippen molar-refractivity contribution in [3.63, 3.8) is 0 Å². The van der Waals surface area contributed by atoms with Gasteiger partial charge in [-0.3, -0.25) is 0 Å². The molecular weight excluding hydrogens is 124 g/mol. The molecule has 0 aromatic carbocycles. The Kier molecular flexibility index (Phi) is 5.59. The summed E-state index contributed by atoms with van der Waals surface area (Å²) in [7, 11) is 1.59. The Morgan fingerprint density at radius 1 is 1.62 bits per heavy atom. The lowest BCUT2D eigenvalue weighted by Gasteiger charge is -2.06. The number of rotatable bonds is 4. The fraction of sp³-hybridized carbons (Fsp3) is 1.00. The molecule has 0 aromatic rings. The molecule has 0 spiro atoms. The molecule has 2 nitrogen and oxygen atoms in total. The highest BCUT2D eigenvalue weighted by Gasteiger charge is 1.95. The normalized spacial score (nSPS) is 13.9. The average Bonchev–Trinajstić information content (AvgIpc) is 1.83. The van der Waals surface area contributed by atoms with Crippen LogP contribution in [0.4, 0.5) is 0 Å². The zero-order valence-electron chi connectivity index (χ0n) is 5.26. The zero-order chi connectivity index (χ0) is 6.41. The first-order chi connectivity index (χ1) is 3.81. The lowest BCUT2D eigenvalue weighted by molar-refractivity contribution is -0.0417. The van der Waals surface area contributed by atoms with Crippen LogP contribution in [0, 0.1) is 0 Å². The topological polar surface area (TPSA) is 18.5 Å². The molecular formula is C5H12O2S. The first-order valence-corrected chi connectivity index (χ1v) is 3.11. The molecule has 1 atom stereocenters. The van der Waals surface area contributed by atoms with E-state index in [1.54, 1.807) is 7.11 Å². The summed E-state index contributed by atoms with van der Waals surface area (Å²) in [6.45, 7) is 2.34. The number of methoxy groups -OCH3 is 1. The summed E-state index contributed by atoms with van der Waals surface area (Å²) in [6.07, 6.45) is 0.909. The Morgan fingerprint density at radius 3 is 2.62 bits per heavy atom. The van der Waals surface area contributed by atoms with Gasteiger partial charge in [-0.25, -0.2) is 0 Å². The minimum Gasteiger partial charge on any atom is -0.359 e. The van der Waals surface area contributed by atoms with Gasteiger partial charge in [-0.15, -0.1) is 12.6 Å². The summed E-state index contributed by atoms with van der Waals surface area (Å²) in [5, 5.41) is 0. The second-order valence-corrected chi connectivity index (χ2v) is 2.01. The lowest BCUT2D eigenvalue weighted by atomic mass is 10.5. The van der Waals surface area contributed by atoms with E-state index >= 15 is 0 Å². The summed E-state index contributed by atoms with van der Waals surface area (Å²) >= 11 is 4.06. The quantitative estimate of drug-likeness (QED) is 0.463. The maximum Gasteiger partial charge on any atom is 0.147 e. The molecule has 0 aromatic heterocycles. The van der Waals surface area contributed by atoms with Gasteiger partial charge in [0.1, 0.15) is 12.2 Å². The summed E-state index contributed by atoms with van der Waals surface area (Å²) in [4.78, 5) is 0. The van der Waals surface area contributed by atoms with E-state index in [1.165, 1.54) is 0 Å². The van der Waals surface area contributed by atoms with E-state index in [-0.39, 0.29) is 5.44 Å². The predicted octanol–water partition coefficient (Wildman–Crippen LogP) is 1.27. The average molecular weight is 136 g/mol. The van der Waals surface area contributed by atoms with Gasteiger partial charge in [-0.2, -0.15) is 0 Å². The molecule has 0 fully saturated rings. The number of ether oxygens (including phenoxy) is 2. The molecule has 0 aliphatic carbocycles. The monoisotopic (exact) mass is 136 g/mol. The Balaban J connectivity index is 2.86. The van der Waals surface area contributed by atoms with Crippen LogP contribution in [0.1, 0.15) is 13.3 Å². The van der Waals surface area contributed by atoms with Crippen LogP contribution in [0.5, 0.6) is 0 Å². The van der Waals surface area contributed by atoms with Gasteiger partial charge in [0, 0.05) is 7.11 Å². The molecule has 0 rings (SSSR count). The highest BCUT2D eigenvalue weighted by Crippen LogP contribution is 2.00. The van der Waals surface area contributed by atoms with Gasteiger partial charge < -0.3 is 9.47 Å². The molecule has 0 radical (unpaired) electrons. The standard InChI is InChI=1S/C5H12O2S/c1-3-5(8)7-4-6-2/h5,8H,3-4H2,1-2H3. The van der Waals surface area contributed by atoms with Crippen LogP contribution in [0.25, 0.3) is 0 Å². The Bertz CT molecular complexity index is 49.7. The maximum absolute atomic E-state index is 4.98. The molecule has 1 unspecified atom stereocenters. The van der Waals surface area contributed by atoms with E-state index in [9.17, 15) is 0 Å². The van der Waals surface area contributed by atoms with Crippen molar-refractivity contribution in [1.29, 1.82) is 0 Å². The van der Waals surface area contributed by atoms with Crippen LogP contribution < -0.4 is 0 Å². The van der Waals surface area contributed by atoms with Gasteiger partial charge in [0.05, 0.1) is 0 Å².